The highest BCUT2D eigenvalue weighted by Crippen LogP contribution is 2.30. The third kappa shape index (κ3) is 2.58. The number of sulfonamides is 1. The molecule has 1 heterocycles. The molecule has 1 aliphatic heterocycles. The van der Waals surface area contributed by atoms with E-state index < -0.39 is 10.0 Å². The van der Waals surface area contributed by atoms with Crippen molar-refractivity contribution in [1.29, 1.82) is 0 Å². The lowest BCUT2D eigenvalue weighted by Crippen LogP contribution is -2.33. The van der Waals surface area contributed by atoms with E-state index in [1.54, 1.807) is 0 Å². The second kappa shape index (κ2) is 4.86. The first-order valence-electron chi connectivity index (χ1n) is 5.69. The molecule has 0 aliphatic carbocycles. The standard InChI is InChI=1S/C12H16ClNO2S/c1-10(8-13)9-17(15,16)14-7-6-11-4-2-3-5-12(11)14/h2-5,10H,6-9H2,1H3. The van der Waals surface area contributed by atoms with Crippen LogP contribution in [-0.4, -0.2) is 26.6 Å². The third-order valence-electron chi connectivity index (χ3n) is 2.94. The van der Waals surface area contributed by atoms with Gasteiger partial charge in [-0.2, -0.15) is 0 Å². The molecule has 0 aromatic heterocycles. The minimum Gasteiger partial charge on any atom is -0.270 e. The summed E-state index contributed by atoms with van der Waals surface area (Å²) in [7, 11) is -3.24. The molecule has 1 aliphatic rings. The van der Waals surface area contributed by atoms with E-state index in [0.29, 0.717) is 12.4 Å². The topological polar surface area (TPSA) is 37.4 Å². The molecule has 0 saturated heterocycles. The Morgan fingerprint density at radius 3 is 2.82 bits per heavy atom. The highest BCUT2D eigenvalue weighted by Gasteiger charge is 2.29. The molecule has 0 N–H and O–H groups in total. The normalized spacial score (nSPS) is 16.9. The summed E-state index contributed by atoms with van der Waals surface area (Å²) in [6.45, 7) is 2.41. The minimum absolute atomic E-state index is 0.0190. The van der Waals surface area contributed by atoms with Crippen LogP contribution in [-0.2, 0) is 16.4 Å². The van der Waals surface area contributed by atoms with Crippen LogP contribution in [0.1, 0.15) is 12.5 Å². The molecule has 0 spiro atoms. The molecule has 17 heavy (non-hydrogen) atoms. The summed E-state index contributed by atoms with van der Waals surface area (Å²) in [6.07, 6.45) is 0.796. The van der Waals surface area contributed by atoms with Crippen LogP contribution in [0.15, 0.2) is 24.3 Å². The molecule has 0 saturated carbocycles. The van der Waals surface area contributed by atoms with Gasteiger partial charge < -0.3 is 0 Å². The molecule has 0 amide bonds. The summed E-state index contributed by atoms with van der Waals surface area (Å²) in [5.74, 6) is 0.467. The summed E-state index contributed by atoms with van der Waals surface area (Å²) in [6, 6.07) is 7.66. The second-order valence-electron chi connectivity index (χ2n) is 4.49. The van der Waals surface area contributed by atoms with Gasteiger partial charge in [-0.3, -0.25) is 4.31 Å². The van der Waals surface area contributed by atoms with Gasteiger partial charge in [0.15, 0.2) is 0 Å². The minimum atomic E-state index is -3.24. The molecule has 0 fully saturated rings. The monoisotopic (exact) mass is 273 g/mol. The molecule has 0 radical (unpaired) electrons. The lowest BCUT2D eigenvalue weighted by molar-refractivity contribution is 0.579. The molecule has 1 atom stereocenters. The number of hydrogen-bond acceptors (Lipinski definition) is 2. The van der Waals surface area contributed by atoms with Crippen LogP contribution >= 0.6 is 11.6 Å². The van der Waals surface area contributed by atoms with E-state index in [-0.39, 0.29) is 11.7 Å². The largest absolute Gasteiger partial charge is 0.270 e. The zero-order valence-corrected chi connectivity index (χ0v) is 11.3. The van der Waals surface area contributed by atoms with Gasteiger partial charge in [0.2, 0.25) is 10.0 Å². The van der Waals surface area contributed by atoms with Crippen molar-refractivity contribution < 1.29 is 8.42 Å². The van der Waals surface area contributed by atoms with Gasteiger partial charge in [-0.05, 0) is 24.0 Å². The summed E-state index contributed by atoms with van der Waals surface area (Å²) < 4.78 is 26.0. The zero-order chi connectivity index (χ0) is 12.5. The van der Waals surface area contributed by atoms with Crippen molar-refractivity contribution in [2.24, 2.45) is 5.92 Å². The Morgan fingerprint density at radius 1 is 1.41 bits per heavy atom. The number of para-hydroxylation sites is 1. The van der Waals surface area contributed by atoms with Gasteiger partial charge in [-0.1, -0.05) is 25.1 Å². The summed E-state index contributed by atoms with van der Waals surface area (Å²) >= 11 is 5.68. The SMILES string of the molecule is CC(CCl)CS(=O)(=O)N1CCc2ccccc21. The molecular weight excluding hydrogens is 258 g/mol. The Balaban J connectivity index is 2.25. The third-order valence-corrected chi connectivity index (χ3v) is 5.51. The predicted octanol–water partition coefficient (Wildman–Crippen LogP) is 2.25. The van der Waals surface area contributed by atoms with Crippen LogP contribution in [0.25, 0.3) is 0 Å². The average Bonchev–Trinajstić information content (AvgIpc) is 2.72. The van der Waals surface area contributed by atoms with E-state index in [4.69, 9.17) is 11.6 Å². The van der Waals surface area contributed by atoms with E-state index in [1.807, 2.05) is 31.2 Å². The van der Waals surface area contributed by atoms with Crippen LogP contribution in [0, 0.1) is 5.92 Å². The lowest BCUT2D eigenvalue weighted by Gasteiger charge is -2.21. The van der Waals surface area contributed by atoms with Gasteiger partial charge in [0.05, 0.1) is 11.4 Å². The van der Waals surface area contributed by atoms with Crippen LogP contribution in [0.2, 0.25) is 0 Å². The number of fused-ring (bicyclic) bond motifs is 1. The van der Waals surface area contributed by atoms with Crippen LogP contribution < -0.4 is 4.31 Å². The van der Waals surface area contributed by atoms with Crippen molar-refractivity contribution in [1.82, 2.24) is 0 Å². The lowest BCUT2D eigenvalue weighted by atomic mass is 10.2. The Bertz CT molecular complexity index is 501. The number of nitrogens with zero attached hydrogens (tertiary/aromatic N) is 1. The van der Waals surface area contributed by atoms with E-state index in [9.17, 15) is 8.42 Å². The van der Waals surface area contributed by atoms with Crippen molar-refractivity contribution in [3.05, 3.63) is 29.8 Å². The fourth-order valence-electron chi connectivity index (χ4n) is 2.09. The number of alkyl halides is 1. The van der Waals surface area contributed by atoms with Crippen molar-refractivity contribution in [2.45, 2.75) is 13.3 Å². The highest BCUT2D eigenvalue weighted by molar-refractivity contribution is 7.92. The van der Waals surface area contributed by atoms with Crippen LogP contribution in [0.4, 0.5) is 5.69 Å². The molecule has 94 valence electrons. The first-order valence-corrected chi connectivity index (χ1v) is 7.83. The molecule has 1 aromatic rings. The van der Waals surface area contributed by atoms with E-state index in [2.05, 4.69) is 0 Å². The fourth-order valence-corrected chi connectivity index (χ4v) is 4.19. The first-order chi connectivity index (χ1) is 8.04. The van der Waals surface area contributed by atoms with Gasteiger partial charge in [0.1, 0.15) is 0 Å². The molecule has 1 aromatic carbocycles. The van der Waals surface area contributed by atoms with Gasteiger partial charge >= 0.3 is 0 Å². The average molecular weight is 274 g/mol. The maximum atomic E-state index is 12.2. The predicted molar refractivity (Wildman–Crippen MR) is 71.2 cm³/mol. The maximum absolute atomic E-state index is 12.2. The summed E-state index contributed by atoms with van der Waals surface area (Å²) in [4.78, 5) is 0. The Labute approximate surface area is 107 Å². The van der Waals surface area contributed by atoms with Crippen molar-refractivity contribution in [3.8, 4) is 0 Å². The number of halogens is 1. The van der Waals surface area contributed by atoms with Crippen LogP contribution in [0.3, 0.4) is 0 Å². The molecule has 2 rings (SSSR count). The number of rotatable bonds is 4. The molecule has 0 bridgehead atoms. The van der Waals surface area contributed by atoms with Crippen molar-refractivity contribution >= 4 is 27.3 Å². The van der Waals surface area contributed by atoms with Gasteiger partial charge in [-0.25, -0.2) is 8.42 Å². The smallest absolute Gasteiger partial charge is 0.235 e. The van der Waals surface area contributed by atoms with Gasteiger partial charge in [0.25, 0.3) is 0 Å². The fraction of sp³-hybridized carbons (Fsp3) is 0.500. The molecular formula is C12H16ClNO2S. The van der Waals surface area contributed by atoms with Crippen molar-refractivity contribution in [2.75, 3.05) is 22.5 Å². The van der Waals surface area contributed by atoms with Gasteiger partial charge in [-0.15, -0.1) is 11.6 Å². The second-order valence-corrected chi connectivity index (χ2v) is 6.74. The Morgan fingerprint density at radius 2 is 2.12 bits per heavy atom. The van der Waals surface area contributed by atoms with E-state index >= 15 is 0 Å². The summed E-state index contributed by atoms with van der Waals surface area (Å²) in [5.41, 5.74) is 1.93. The molecule has 3 nitrogen and oxygen atoms in total. The highest BCUT2D eigenvalue weighted by atomic mass is 35.5. The van der Waals surface area contributed by atoms with Gasteiger partial charge in [0, 0.05) is 12.4 Å². The molecule has 5 heteroatoms. The van der Waals surface area contributed by atoms with E-state index in [0.717, 1.165) is 17.7 Å². The number of benzene rings is 1. The first kappa shape index (κ1) is 12.7. The number of hydrogen-bond donors (Lipinski definition) is 0. The Hall–Kier alpha value is -0.740. The quantitative estimate of drug-likeness (QED) is 0.789. The Kier molecular flexibility index (Phi) is 3.64. The van der Waals surface area contributed by atoms with E-state index in [1.165, 1.54) is 4.31 Å². The van der Waals surface area contributed by atoms with Crippen molar-refractivity contribution in [3.63, 3.8) is 0 Å². The maximum Gasteiger partial charge on any atom is 0.235 e. The summed E-state index contributed by atoms with van der Waals surface area (Å²) in [5, 5.41) is 0. The number of anilines is 1. The molecule has 1 unspecified atom stereocenters. The van der Waals surface area contributed by atoms with Crippen LogP contribution in [0.5, 0.6) is 0 Å². The zero-order valence-electron chi connectivity index (χ0n) is 9.77.